The first-order valence-electron chi connectivity index (χ1n) is 11.5. The zero-order chi connectivity index (χ0) is 25.5. The van der Waals surface area contributed by atoms with E-state index >= 15 is 0 Å². The van der Waals surface area contributed by atoms with Gasteiger partial charge in [0.2, 0.25) is 11.8 Å². The molecule has 1 saturated heterocycles. The smallest absolute Gasteiger partial charge is 0.238 e. The van der Waals surface area contributed by atoms with E-state index < -0.39 is 5.25 Å². The SMILES string of the molecule is CCOc1cccc(NC(=O)[C@@H]2CC(=O)N(CCc3ccc(F)cc3)C(=Nc3ccc(Cl)cc3)S2)c1. The highest BCUT2D eigenvalue weighted by molar-refractivity contribution is 8.15. The molecule has 0 aromatic heterocycles. The zero-order valence-electron chi connectivity index (χ0n) is 19.6. The molecule has 36 heavy (non-hydrogen) atoms. The molecule has 1 fully saturated rings. The number of nitrogens with zero attached hydrogens (tertiary/aromatic N) is 2. The fourth-order valence-electron chi connectivity index (χ4n) is 3.63. The molecular formula is C27H25ClFN3O3S. The van der Waals surface area contributed by atoms with Crippen LogP contribution in [-0.4, -0.2) is 40.3 Å². The van der Waals surface area contributed by atoms with Crippen LogP contribution in [-0.2, 0) is 16.0 Å². The maximum Gasteiger partial charge on any atom is 0.238 e. The minimum Gasteiger partial charge on any atom is -0.494 e. The van der Waals surface area contributed by atoms with Gasteiger partial charge in [0.25, 0.3) is 0 Å². The maximum atomic E-state index is 13.3. The van der Waals surface area contributed by atoms with Gasteiger partial charge in [-0.3, -0.25) is 14.5 Å². The number of thioether (sulfide) groups is 1. The third-order valence-corrected chi connectivity index (χ3v) is 6.87. The second kappa shape index (κ2) is 12.1. The van der Waals surface area contributed by atoms with Crippen molar-refractivity contribution in [1.29, 1.82) is 0 Å². The number of carbonyl (C=O) groups excluding carboxylic acids is 2. The predicted octanol–water partition coefficient (Wildman–Crippen LogP) is 6.08. The molecule has 0 saturated carbocycles. The van der Waals surface area contributed by atoms with Crippen LogP contribution in [0.1, 0.15) is 18.9 Å². The molecule has 0 spiro atoms. The molecule has 1 heterocycles. The number of rotatable bonds is 8. The highest BCUT2D eigenvalue weighted by atomic mass is 35.5. The van der Waals surface area contributed by atoms with E-state index in [4.69, 9.17) is 16.3 Å². The van der Waals surface area contributed by atoms with Gasteiger partial charge in [-0.1, -0.05) is 41.6 Å². The normalized spacial score (nSPS) is 16.8. The Bertz CT molecular complexity index is 1250. The average Bonchev–Trinajstić information content (AvgIpc) is 2.86. The van der Waals surface area contributed by atoms with Crippen LogP contribution in [0, 0.1) is 5.82 Å². The number of hydrogen-bond donors (Lipinski definition) is 1. The molecule has 0 bridgehead atoms. The first-order chi connectivity index (χ1) is 17.4. The molecule has 0 unspecified atom stereocenters. The fourth-order valence-corrected chi connectivity index (χ4v) is 4.88. The van der Waals surface area contributed by atoms with E-state index in [-0.39, 0.29) is 24.1 Å². The number of ether oxygens (including phenoxy) is 1. The molecular weight excluding hydrogens is 501 g/mol. The number of amidine groups is 1. The molecule has 186 valence electrons. The topological polar surface area (TPSA) is 71.0 Å². The van der Waals surface area contributed by atoms with Gasteiger partial charge < -0.3 is 10.1 Å². The number of aliphatic imine (C=N–C) groups is 1. The largest absolute Gasteiger partial charge is 0.494 e. The monoisotopic (exact) mass is 525 g/mol. The third-order valence-electron chi connectivity index (χ3n) is 5.43. The van der Waals surface area contributed by atoms with Crippen molar-refractivity contribution in [3.05, 3.63) is 89.2 Å². The number of anilines is 1. The van der Waals surface area contributed by atoms with Gasteiger partial charge in [0, 0.05) is 29.7 Å². The van der Waals surface area contributed by atoms with Gasteiger partial charge >= 0.3 is 0 Å². The summed E-state index contributed by atoms with van der Waals surface area (Å²) in [5.74, 6) is -0.149. The first kappa shape index (κ1) is 25.7. The zero-order valence-corrected chi connectivity index (χ0v) is 21.2. The van der Waals surface area contributed by atoms with Crippen molar-refractivity contribution in [1.82, 2.24) is 4.90 Å². The molecule has 1 atom stereocenters. The van der Waals surface area contributed by atoms with E-state index in [9.17, 15) is 14.0 Å². The Kier molecular flexibility index (Phi) is 8.61. The van der Waals surface area contributed by atoms with Crippen LogP contribution in [0.2, 0.25) is 5.02 Å². The summed E-state index contributed by atoms with van der Waals surface area (Å²) < 4.78 is 18.8. The van der Waals surface area contributed by atoms with Crippen molar-refractivity contribution >= 4 is 51.7 Å². The molecule has 3 aromatic rings. The number of halogens is 2. The summed E-state index contributed by atoms with van der Waals surface area (Å²) in [7, 11) is 0. The molecule has 1 aliphatic rings. The van der Waals surface area contributed by atoms with Gasteiger partial charge in [-0.05, 0) is 67.4 Å². The summed E-state index contributed by atoms with van der Waals surface area (Å²) in [6.45, 7) is 2.76. The van der Waals surface area contributed by atoms with Crippen LogP contribution in [0.15, 0.2) is 77.8 Å². The average molecular weight is 526 g/mol. The lowest BCUT2D eigenvalue weighted by Gasteiger charge is -2.32. The Balaban J connectivity index is 1.53. The van der Waals surface area contributed by atoms with Gasteiger partial charge in [-0.25, -0.2) is 9.38 Å². The number of hydrogen-bond acceptors (Lipinski definition) is 5. The molecule has 1 N–H and O–H groups in total. The summed E-state index contributed by atoms with van der Waals surface area (Å²) in [4.78, 5) is 32.5. The summed E-state index contributed by atoms with van der Waals surface area (Å²) in [5, 5.41) is 3.24. The van der Waals surface area contributed by atoms with Crippen LogP contribution < -0.4 is 10.1 Å². The molecule has 3 aromatic carbocycles. The highest BCUT2D eigenvalue weighted by Crippen LogP contribution is 2.31. The van der Waals surface area contributed by atoms with Crippen molar-refractivity contribution in [3.63, 3.8) is 0 Å². The number of benzene rings is 3. The van der Waals surface area contributed by atoms with Crippen LogP contribution in [0.5, 0.6) is 5.75 Å². The summed E-state index contributed by atoms with van der Waals surface area (Å²) in [6.07, 6.45) is 0.554. The molecule has 1 aliphatic heterocycles. The molecule has 0 radical (unpaired) electrons. The Labute approximate surface area is 218 Å². The second-order valence-corrected chi connectivity index (χ2v) is 9.66. The van der Waals surface area contributed by atoms with Crippen molar-refractivity contribution in [2.24, 2.45) is 4.99 Å². The maximum absolute atomic E-state index is 13.3. The number of carbonyl (C=O) groups is 2. The van der Waals surface area contributed by atoms with E-state index in [1.165, 1.54) is 23.9 Å². The summed E-state index contributed by atoms with van der Waals surface area (Å²) in [5.41, 5.74) is 2.11. The summed E-state index contributed by atoms with van der Waals surface area (Å²) in [6, 6.07) is 20.2. The molecule has 9 heteroatoms. The highest BCUT2D eigenvalue weighted by Gasteiger charge is 2.35. The van der Waals surface area contributed by atoms with Gasteiger partial charge in [0.15, 0.2) is 5.17 Å². The van der Waals surface area contributed by atoms with E-state index in [1.807, 2.05) is 13.0 Å². The minimum atomic E-state index is -0.652. The number of amides is 2. The van der Waals surface area contributed by atoms with Gasteiger partial charge in [-0.2, -0.15) is 0 Å². The lowest BCUT2D eigenvalue weighted by atomic mass is 10.1. The predicted molar refractivity (Wildman–Crippen MR) is 143 cm³/mol. The Hall–Kier alpha value is -3.36. The van der Waals surface area contributed by atoms with Crippen LogP contribution in [0.4, 0.5) is 15.8 Å². The van der Waals surface area contributed by atoms with Gasteiger partial charge in [0.05, 0.1) is 12.3 Å². The lowest BCUT2D eigenvalue weighted by molar-refractivity contribution is -0.129. The standard InChI is InChI=1S/C27H25ClFN3O3S/c1-2-35-23-5-3-4-22(16-23)30-26(34)24-17-25(33)32(15-14-18-6-10-20(29)11-7-18)27(36-24)31-21-12-8-19(28)9-13-21/h3-13,16,24H,2,14-15,17H2,1H3,(H,30,34)/t24-/m0/s1. The van der Waals surface area contributed by atoms with Crippen molar-refractivity contribution in [2.45, 2.75) is 25.0 Å². The number of nitrogens with one attached hydrogen (secondary N) is 1. The van der Waals surface area contributed by atoms with Crippen LogP contribution >= 0.6 is 23.4 Å². The van der Waals surface area contributed by atoms with Gasteiger partial charge in [-0.15, -0.1) is 0 Å². The second-order valence-electron chi connectivity index (χ2n) is 8.05. The molecule has 4 rings (SSSR count). The molecule has 2 amide bonds. The van der Waals surface area contributed by atoms with E-state index in [1.54, 1.807) is 59.5 Å². The van der Waals surface area contributed by atoms with E-state index in [2.05, 4.69) is 10.3 Å². The minimum absolute atomic E-state index is 0.0324. The first-order valence-corrected chi connectivity index (χ1v) is 12.8. The summed E-state index contributed by atoms with van der Waals surface area (Å²) >= 11 is 7.24. The quantitative estimate of drug-likeness (QED) is 0.387. The van der Waals surface area contributed by atoms with E-state index in [0.717, 1.165) is 5.56 Å². The third kappa shape index (κ3) is 6.86. The van der Waals surface area contributed by atoms with Crippen molar-refractivity contribution in [3.8, 4) is 5.75 Å². The van der Waals surface area contributed by atoms with Gasteiger partial charge in [0.1, 0.15) is 16.8 Å². The van der Waals surface area contributed by atoms with Crippen LogP contribution in [0.3, 0.4) is 0 Å². The lowest BCUT2D eigenvalue weighted by Crippen LogP contribution is -2.46. The molecule has 0 aliphatic carbocycles. The van der Waals surface area contributed by atoms with Crippen molar-refractivity contribution in [2.75, 3.05) is 18.5 Å². The Morgan fingerprint density at radius 3 is 2.64 bits per heavy atom. The van der Waals surface area contributed by atoms with Crippen LogP contribution in [0.25, 0.3) is 0 Å². The fraction of sp³-hybridized carbons (Fsp3) is 0.222. The molecule has 6 nitrogen and oxygen atoms in total. The van der Waals surface area contributed by atoms with E-state index in [0.29, 0.717) is 46.9 Å². The van der Waals surface area contributed by atoms with Crippen molar-refractivity contribution < 1.29 is 18.7 Å². The Morgan fingerprint density at radius 2 is 1.92 bits per heavy atom. The Morgan fingerprint density at radius 1 is 1.17 bits per heavy atom.